The number of nitrogens with one attached hydrogen (secondary N) is 1. The number of hydrogen-bond acceptors (Lipinski definition) is 3. The SMILES string of the molecule is Cc1cccc(NCC(=O)OC(C)(C)C)c1Br. The second kappa shape index (κ2) is 5.54. The maximum absolute atomic E-state index is 11.5. The minimum Gasteiger partial charge on any atom is -0.459 e. The van der Waals surface area contributed by atoms with E-state index in [1.807, 2.05) is 45.9 Å². The smallest absolute Gasteiger partial charge is 0.325 e. The summed E-state index contributed by atoms with van der Waals surface area (Å²) >= 11 is 3.48. The number of ether oxygens (including phenoxy) is 1. The van der Waals surface area contributed by atoms with Crippen LogP contribution in [0, 0.1) is 6.92 Å². The summed E-state index contributed by atoms with van der Waals surface area (Å²) in [6.07, 6.45) is 0. The average molecular weight is 300 g/mol. The van der Waals surface area contributed by atoms with Crippen molar-refractivity contribution in [3.8, 4) is 0 Å². The first-order chi connectivity index (χ1) is 7.79. The van der Waals surface area contributed by atoms with Crippen molar-refractivity contribution >= 4 is 27.6 Å². The fourth-order valence-corrected chi connectivity index (χ4v) is 1.73. The summed E-state index contributed by atoms with van der Waals surface area (Å²) in [6.45, 7) is 7.73. The summed E-state index contributed by atoms with van der Waals surface area (Å²) in [4.78, 5) is 11.5. The molecular formula is C13H18BrNO2. The van der Waals surface area contributed by atoms with Gasteiger partial charge in [0.15, 0.2) is 0 Å². The average Bonchev–Trinajstić information content (AvgIpc) is 2.18. The van der Waals surface area contributed by atoms with Gasteiger partial charge in [0, 0.05) is 10.2 Å². The molecule has 0 atom stereocenters. The van der Waals surface area contributed by atoms with Crippen molar-refractivity contribution in [1.82, 2.24) is 0 Å². The lowest BCUT2D eigenvalue weighted by atomic mass is 10.2. The van der Waals surface area contributed by atoms with Gasteiger partial charge in [0.2, 0.25) is 0 Å². The molecule has 0 radical (unpaired) electrons. The van der Waals surface area contributed by atoms with Gasteiger partial charge in [-0.2, -0.15) is 0 Å². The summed E-state index contributed by atoms with van der Waals surface area (Å²) in [5.41, 5.74) is 1.58. The molecule has 0 aliphatic rings. The minimum atomic E-state index is -0.442. The molecule has 3 nitrogen and oxygen atoms in total. The molecule has 0 unspecified atom stereocenters. The molecule has 0 saturated carbocycles. The summed E-state index contributed by atoms with van der Waals surface area (Å²) in [5.74, 6) is -0.258. The van der Waals surface area contributed by atoms with Crippen molar-refractivity contribution in [2.75, 3.05) is 11.9 Å². The molecule has 0 fully saturated rings. The van der Waals surface area contributed by atoms with E-state index in [1.54, 1.807) is 0 Å². The predicted octanol–water partition coefficient (Wildman–Crippen LogP) is 3.51. The Morgan fingerprint density at radius 3 is 2.65 bits per heavy atom. The van der Waals surface area contributed by atoms with E-state index in [-0.39, 0.29) is 12.5 Å². The molecule has 1 aromatic rings. The molecule has 0 spiro atoms. The van der Waals surface area contributed by atoms with Crippen molar-refractivity contribution < 1.29 is 9.53 Å². The highest BCUT2D eigenvalue weighted by Gasteiger charge is 2.16. The van der Waals surface area contributed by atoms with Gasteiger partial charge >= 0.3 is 5.97 Å². The van der Waals surface area contributed by atoms with E-state index < -0.39 is 5.60 Å². The number of aryl methyl sites for hydroxylation is 1. The molecule has 0 heterocycles. The summed E-state index contributed by atoms with van der Waals surface area (Å²) in [6, 6.07) is 5.86. The second-order valence-electron chi connectivity index (χ2n) is 4.88. The largest absolute Gasteiger partial charge is 0.459 e. The van der Waals surface area contributed by atoms with Gasteiger partial charge in [-0.05, 0) is 55.3 Å². The number of rotatable bonds is 3. The molecule has 17 heavy (non-hydrogen) atoms. The number of anilines is 1. The van der Waals surface area contributed by atoms with E-state index in [9.17, 15) is 4.79 Å². The number of benzene rings is 1. The van der Waals surface area contributed by atoms with Crippen LogP contribution in [0.4, 0.5) is 5.69 Å². The van der Waals surface area contributed by atoms with Crippen LogP contribution < -0.4 is 5.32 Å². The lowest BCUT2D eigenvalue weighted by Crippen LogP contribution is -2.28. The molecule has 0 aliphatic heterocycles. The van der Waals surface area contributed by atoms with E-state index in [0.717, 1.165) is 15.7 Å². The fourth-order valence-electron chi connectivity index (χ4n) is 1.33. The van der Waals surface area contributed by atoms with Crippen LogP contribution in [0.25, 0.3) is 0 Å². The number of esters is 1. The molecule has 0 saturated heterocycles. The highest BCUT2D eigenvalue weighted by molar-refractivity contribution is 9.10. The highest BCUT2D eigenvalue weighted by Crippen LogP contribution is 2.25. The van der Waals surface area contributed by atoms with E-state index in [1.165, 1.54) is 0 Å². The third-order valence-electron chi connectivity index (χ3n) is 2.03. The zero-order valence-corrected chi connectivity index (χ0v) is 12.2. The fraction of sp³-hybridized carbons (Fsp3) is 0.462. The Morgan fingerprint density at radius 2 is 2.06 bits per heavy atom. The minimum absolute atomic E-state index is 0.166. The van der Waals surface area contributed by atoms with Crippen LogP contribution >= 0.6 is 15.9 Å². The number of carbonyl (C=O) groups is 1. The van der Waals surface area contributed by atoms with E-state index in [4.69, 9.17) is 4.74 Å². The second-order valence-corrected chi connectivity index (χ2v) is 5.67. The van der Waals surface area contributed by atoms with Crippen LogP contribution in [-0.4, -0.2) is 18.1 Å². The first-order valence-electron chi connectivity index (χ1n) is 5.50. The summed E-state index contributed by atoms with van der Waals surface area (Å²) in [7, 11) is 0. The van der Waals surface area contributed by atoms with Gasteiger partial charge in [-0.3, -0.25) is 4.79 Å². The molecule has 1 rings (SSSR count). The molecule has 0 bridgehead atoms. The molecular weight excluding hydrogens is 282 g/mol. The number of carbonyl (C=O) groups excluding carboxylic acids is 1. The van der Waals surface area contributed by atoms with Crippen molar-refractivity contribution in [3.63, 3.8) is 0 Å². The Hall–Kier alpha value is -1.03. The van der Waals surface area contributed by atoms with Crippen LogP contribution in [0.1, 0.15) is 26.3 Å². The highest BCUT2D eigenvalue weighted by atomic mass is 79.9. The Bertz CT molecular complexity index is 410. The van der Waals surface area contributed by atoms with Gasteiger partial charge in [-0.25, -0.2) is 0 Å². The third kappa shape index (κ3) is 4.77. The first-order valence-corrected chi connectivity index (χ1v) is 6.30. The first kappa shape index (κ1) is 14.0. The molecule has 0 aliphatic carbocycles. The summed E-state index contributed by atoms with van der Waals surface area (Å²) < 4.78 is 6.19. The topological polar surface area (TPSA) is 38.3 Å². The molecule has 94 valence electrons. The van der Waals surface area contributed by atoms with Crippen LogP contribution in [0.15, 0.2) is 22.7 Å². The van der Waals surface area contributed by atoms with Crippen molar-refractivity contribution in [1.29, 1.82) is 0 Å². The normalized spacial score (nSPS) is 11.1. The third-order valence-corrected chi connectivity index (χ3v) is 3.09. The monoisotopic (exact) mass is 299 g/mol. The van der Waals surface area contributed by atoms with E-state index in [0.29, 0.717) is 0 Å². The molecule has 0 aromatic heterocycles. The van der Waals surface area contributed by atoms with Crippen molar-refractivity contribution in [2.24, 2.45) is 0 Å². The van der Waals surface area contributed by atoms with Gasteiger partial charge in [0.1, 0.15) is 12.1 Å². The molecule has 0 amide bonds. The maximum Gasteiger partial charge on any atom is 0.325 e. The molecule has 1 N–H and O–H groups in total. The van der Waals surface area contributed by atoms with Crippen LogP contribution in [0.5, 0.6) is 0 Å². The van der Waals surface area contributed by atoms with Gasteiger partial charge in [-0.1, -0.05) is 12.1 Å². The molecule has 4 heteroatoms. The lowest BCUT2D eigenvalue weighted by molar-refractivity contribution is -0.152. The Kier molecular flexibility index (Phi) is 4.57. The number of halogens is 1. The van der Waals surface area contributed by atoms with Crippen LogP contribution in [0.2, 0.25) is 0 Å². The zero-order chi connectivity index (χ0) is 13.1. The summed E-state index contributed by atoms with van der Waals surface area (Å²) in [5, 5.41) is 3.05. The van der Waals surface area contributed by atoms with E-state index in [2.05, 4.69) is 21.2 Å². The van der Waals surface area contributed by atoms with Crippen molar-refractivity contribution in [3.05, 3.63) is 28.2 Å². The predicted molar refractivity (Wildman–Crippen MR) is 73.2 cm³/mol. The Labute approximate surface area is 111 Å². The Morgan fingerprint density at radius 1 is 1.41 bits per heavy atom. The maximum atomic E-state index is 11.5. The van der Waals surface area contributed by atoms with Gasteiger partial charge in [0.05, 0.1) is 0 Å². The van der Waals surface area contributed by atoms with Crippen molar-refractivity contribution in [2.45, 2.75) is 33.3 Å². The van der Waals surface area contributed by atoms with Gasteiger partial charge < -0.3 is 10.1 Å². The van der Waals surface area contributed by atoms with Crippen LogP contribution in [0.3, 0.4) is 0 Å². The van der Waals surface area contributed by atoms with Gasteiger partial charge in [-0.15, -0.1) is 0 Å². The zero-order valence-electron chi connectivity index (χ0n) is 10.6. The number of hydrogen-bond donors (Lipinski definition) is 1. The standard InChI is InChI=1S/C13H18BrNO2/c1-9-6-5-7-10(12(9)14)15-8-11(16)17-13(2,3)4/h5-7,15H,8H2,1-4H3. The van der Waals surface area contributed by atoms with E-state index >= 15 is 0 Å². The van der Waals surface area contributed by atoms with Gasteiger partial charge in [0.25, 0.3) is 0 Å². The van der Waals surface area contributed by atoms with Crippen LogP contribution in [-0.2, 0) is 9.53 Å². The molecule has 1 aromatic carbocycles. The lowest BCUT2D eigenvalue weighted by Gasteiger charge is -2.20. The Balaban J connectivity index is 2.56. The quantitative estimate of drug-likeness (QED) is 0.868.